The summed E-state index contributed by atoms with van der Waals surface area (Å²) >= 11 is 17.1. The zero-order valence-corrected chi connectivity index (χ0v) is 15.4. The Bertz CT molecular complexity index is 449. The zero-order valence-electron chi connectivity index (χ0n) is 9.09. The van der Waals surface area contributed by atoms with E-state index in [4.69, 9.17) is 39.9 Å². The summed E-state index contributed by atoms with van der Waals surface area (Å²) in [5.41, 5.74) is 0.584. The molecule has 1 rings (SSSR count). The van der Waals surface area contributed by atoms with E-state index < -0.39 is 16.5 Å². The largest absolute Gasteiger partial charge is 2.00 e. The van der Waals surface area contributed by atoms with Gasteiger partial charge >= 0.3 is 54.2 Å². The SMILES string of the molecule is O=[P+]([O-])O[P+](=O)[O-].OCc1ccc(Cl)c(Cl)c1Cl.[Ca+2]. The van der Waals surface area contributed by atoms with Crippen molar-refractivity contribution in [2.45, 2.75) is 6.61 Å². The van der Waals surface area contributed by atoms with E-state index in [1.54, 1.807) is 12.1 Å². The third kappa shape index (κ3) is 9.86. The summed E-state index contributed by atoms with van der Waals surface area (Å²) in [6.07, 6.45) is 0. The minimum atomic E-state index is -3.24. The average Bonchev–Trinajstić information content (AvgIpc) is 2.25. The van der Waals surface area contributed by atoms with E-state index in [9.17, 15) is 18.9 Å². The molecule has 0 aliphatic carbocycles. The van der Waals surface area contributed by atoms with Gasteiger partial charge in [0.25, 0.3) is 0 Å². The maximum absolute atomic E-state index is 9.24. The fourth-order valence-corrected chi connectivity index (χ4v) is 1.79. The number of aliphatic hydroxyl groups is 1. The third-order valence-electron chi connectivity index (χ3n) is 1.42. The van der Waals surface area contributed by atoms with Gasteiger partial charge in [0.05, 0.1) is 21.7 Å². The Morgan fingerprint density at radius 1 is 1.11 bits per heavy atom. The molecule has 6 nitrogen and oxygen atoms in total. The van der Waals surface area contributed by atoms with Crippen molar-refractivity contribution in [3.63, 3.8) is 0 Å². The molecule has 0 saturated carbocycles. The van der Waals surface area contributed by atoms with Crippen molar-refractivity contribution in [1.29, 1.82) is 0 Å². The van der Waals surface area contributed by atoms with Gasteiger partial charge in [-0.15, -0.1) is 0 Å². The van der Waals surface area contributed by atoms with Crippen LogP contribution in [0.4, 0.5) is 0 Å². The fraction of sp³-hybridized carbons (Fsp3) is 0.143. The summed E-state index contributed by atoms with van der Waals surface area (Å²) < 4.78 is 21.6. The first-order valence-electron chi connectivity index (χ1n) is 3.99. The summed E-state index contributed by atoms with van der Waals surface area (Å²) in [5, 5.41) is 9.76. The number of hydrogen-bond donors (Lipinski definition) is 1. The van der Waals surface area contributed by atoms with Crippen molar-refractivity contribution in [1.82, 2.24) is 0 Å². The van der Waals surface area contributed by atoms with Crippen molar-refractivity contribution >= 4 is 89.1 Å². The second-order valence-electron chi connectivity index (χ2n) is 2.52. The Balaban J connectivity index is 0. The van der Waals surface area contributed by atoms with Gasteiger partial charge in [-0.2, -0.15) is 0 Å². The predicted octanol–water partition coefficient (Wildman–Crippen LogP) is 1.80. The standard InChI is InChI=1S/C7H5Cl3O.Ca.O5P2/c8-5-2-1-4(3-11)6(9)7(5)10;;1-6(2)5-7(3)4/h1-2,11H,3H2;;/q;+2;. The van der Waals surface area contributed by atoms with Crippen LogP contribution >= 0.6 is 51.3 Å². The molecule has 0 heterocycles. The maximum Gasteiger partial charge on any atom is 2.00 e. The monoisotopic (exact) mass is 392 g/mol. The molecule has 12 heteroatoms. The van der Waals surface area contributed by atoms with Crippen LogP contribution in [0.2, 0.25) is 15.1 Å². The summed E-state index contributed by atoms with van der Waals surface area (Å²) in [6, 6.07) is 3.23. The van der Waals surface area contributed by atoms with E-state index in [1.807, 2.05) is 0 Å². The first kappa shape index (κ1) is 22.7. The van der Waals surface area contributed by atoms with Crippen LogP contribution in [0, 0.1) is 0 Å². The minimum absolute atomic E-state index is 0. The summed E-state index contributed by atoms with van der Waals surface area (Å²) in [7, 11) is -6.47. The second-order valence-corrected chi connectivity index (χ2v) is 5.23. The van der Waals surface area contributed by atoms with Crippen LogP contribution in [0.15, 0.2) is 12.1 Å². The van der Waals surface area contributed by atoms with E-state index >= 15 is 0 Å². The fourth-order valence-electron chi connectivity index (χ4n) is 0.742. The van der Waals surface area contributed by atoms with Crippen LogP contribution in [0.3, 0.4) is 0 Å². The topological polar surface area (TPSA) is 110 Å². The van der Waals surface area contributed by atoms with Gasteiger partial charge in [0.2, 0.25) is 0 Å². The van der Waals surface area contributed by atoms with Crippen LogP contribution in [-0.2, 0) is 20.0 Å². The smallest absolute Gasteiger partial charge is 0.563 e. The van der Waals surface area contributed by atoms with Gasteiger partial charge in [-0.1, -0.05) is 40.9 Å². The quantitative estimate of drug-likeness (QED) is 0.476. The van der Waals surface area contributed by atoms with E-state index in [0.29, 0.717) is 20.6 Å². The number of aliphatic hydroxyl groups excluding tert-OH is 1. The molecular formula is C7H5CaCl3O6P2+2. The van der Waals surface area contributed by atoms with Gasteiger partial charge in [-0.05, 0) is 20.8 Å². The Morgan fingerprint density at radius 2 is 1.58 bits per heavy atom. The van der Waals surface area contributed by atoms with Gasteiger partial charge in [0, 0.05) is 0 Å². The van der Waals surface area contributed by atoms with Crippen molar-refractivity contribution < 1.29 is 28.3 Å². The van der Waals surface area contributed by atoms with Crippen LogP contribution in [0.25, 0.3) is 0 Å². The Labute approximate surface area is 155 Å². The molecule has 2 unspecified atom stereocenters. The number of benzene rings is 1. The van der Waals surface area contributed by atoms with E-state index in [-0.39, 0.29) is 44.3 Å². The van der Waals surface area contributed by atoms with Crippen molar-refractivity contribution in [2.75, 3.05) is 0 Å². The average molecular weight is 393 g/mol. The molecule has 0 amide bonds. The Morgan fingerprint density at radius 3 is 1.89 bits per heavy atom. The second kappa shape index (κ2) is 12.0. The van der Waals surface area contributed by atoms with Crippen LogP contribution in [0.5, 0.6) is 0 Å². The Hall–Kier alpha value is 1.39. The molecule has 2 atom stereocenters. The molecular weight excluding hydrogens is 388 g/mol. The maximum atomic E-state index is 9.24. The molecule has 100 valence electrons. The molecule has 1 N–H and O–H groups in total. The number of halogens is 3. The van der Waals surface area contributed by atoms with Gasteiger partial charge in [-0.3, -0.25) is 0 Å². The van der Waals surface area contributed by atoms with Gasteiger partial charge in [0.15, 0.2) is 0 Å². The third-order valence-corrected chi connectivity index (χ3v) is 3.82. The van der Waals surface area contributed by atoms with Gasteiger partial charge < -0.3 is 14.9 Å². The van der Waals surface area contributed by atoms with Crippen LogP contribution in [-0.4, -0.2) is 42.8 Å². The molecule has 0 saturated heterocycles. The summed E-state index contributed by atoms with van der Waals surface area (Å²) in [5.74, 6) is 0. The van der Waals surface area contributed by atoms with Crippen molar-refractivity contribution in [3.05, 3.63) is 32.8 Å². The molecule has 0 fully saturated rings. The Kier molecular flexibility index (Phi) is 14.3. The van der Waals surface area contributed by atoms with Crippen LogP contribution in [0.1, 0.15) is 5.56 Å². The van der Waals surface area contributed by atoms with Crippen molar-refractivity contribution in [3.8, 4) is 0 Å². The normalized spacial score (nSPS) is 10.8. The van der Waals surface area contributed by atoms with E-state index in [2.05, 4.69) is 4.31 Å². The van der Waals surface area contributed by atoms with E-state index in [1.165, 1.54) is 0 Å². The van der Waals surface area contributed by atoms with E-state index in [0.717, 1.165) is 0 Å². The molecule has 1 aromatic carbocycles. The summed E-state index contributed by atoms with van der Waals surface area (Å²) in [4.78, 5) is 18.5. The first-order chi connectivity index (χ1) is 8.29. The molecule has 0 aliphatic heterocycles. The number of hydrogen-bond acceptors (Lipinski definition) is 6. The number of rotatable bonds is 3. The molecule has 0 aromatic heterocycles. The van der Waals surface area contributed by atoms with Gasteiger partial charge in [0.1, 0.15) is 4.31 Å². The molecule has 0 radical (unpaired) electrons. The molecule has 0 aliphatic rings. The van der Waals surface area contributed by atoms with Crippen LogP contribution < -0.4 is 9.79 Å². The first-order valence-corrected chi connectivity index (χ1v) is 7.32. The van der Waals surface area contributed by atoms with Crippen molar-refractivity contribution in [2.24, 2.45) is 0 Å². The predicted molar refractivity (Wildman–Crippen MR) is 69.4 cm³/mol. The molecule has 0 spiro atoms. The minimum Gasteiger partial charge on any atom is -0.563 e. The molecule has 19 heavy (non-hydrogen) atoms. The zero-order chi connectivity index (χ0) is 14.3. The summed E-state index contributed by atoms with van der Waals surface area (Å²) in [6.45, 7) is -0.129. The molecule has 1 aromatic rings. The van der Waals surface area contributed by atoms with Gasteiger partial charge in [-0.25, -0.2) is 0 Å². The molecule has 0 bridgehead atoms.